The van der Waals surface area contributed by atoms with Crippen molar-refractivity contribution in [3.05, 3.63) is 23.3 Å². The average Bonchev–Trinajstić information content (AvgIpc) is 2.41. The first-order valence-corrected chi connectivity index (χ1v) is 6.04. The van der Waals surface area contributed by atoms with E-state index in [-0.39, 0.29) is 0 Å². The van der Waals surface area contributed by atoms with Gasteiger partial charge in [-0.15, -0.1) is 0 Å². The van der Waals surface area contributed by atoms with Crippen LogP contribution in [0.4, 0.5) is 0 Å². The number of nitrogens with zero attached hydrogens (tertiary/aromatic N) is 4. The maximum Gasteiger partial charge on any atom is 0.204 e. The van der Waals surface area contributed by atoms with E-state index in [1.807, 2.05) is 20.0 Å². The Morgan fingerprint density at radius 2 is 2.26 bits per heavy atom. The number of hydrogen-bond acceptors (Lipinski definition) is 5. The van der Waals surface area contributed by atoms with E-state index in [4.69, 9.17) is 5.26 Å². The van der Waals surface area contributed by atoms with Crippen LogP contribution >= 0.6 is 0 Å². The summed E-state index contributed by atoms with van der Waals surface area (Å²) in [5.74, 6) is 0.468. The van der Waals surface area contributed by atoms with Crippen molar-refractivity contribution < 1.29 is 0 Å². The summed E-state index contributed by atoms with van der Waals surface area (Å²) in [6, 6.07) is 0. The minimum Gasteiger partial charge on any atom is -0.359 e. The zero-order valence-electron chi connectivity index (χ0n) is 11.5. The highest BCUT2D eigenvalue weighted by atomic mass is 15.2. The number of rotatable bonds is 5. The summed E-state index contributed by atoms with van der Waals surface area (Å²) in [4.78, 5) is 12.9. The quantitative estimate of drug-likeness (QED) is 0.224. The van der Waals surface area contributed by atoms with Crippen molar-refractivity contribution in [3.8, 4) is 6.19 Å². The summed E-state index contributed by atoms with van der Waals surface area (Å²) in [5.41, 5.74) is 2.80. The number of aliphatic imine (C=N–C) groups is 1. The van der Waals surface area contributed by atoms with E-state index >= 15 is 0 Å². The molecule has 0 unspecified atom stereocenters. The lowest BCUT2D eigenvalue weighted by atomic mass is 10.3. The molecule has 19 heavy (non-hydrogen) atoms. The van der Waals surface area contributed by atoms with Crippen molar-refractivity contribution in [2.45, 2.75) is 20.4 Å². The molecule has 3 N–H and O–H groups in total. The van der Waals surface area contributed by atoms with Gasteiger partial charge in [0.2, 0.25) is 5.96 Å². The molecule has 0 saturated heterocycles. The van der Waals surface area contributed by atoms with Gasteiger partial charge in [0.1, 0.15) is 0 Å². The average molecular weight is 261 g/mol. The van der Waals surface area contributed by atoms with Crippen LogP contribution in [0.15, 0.2) is 11.2 Å². The van der Waals surface area contributed by atoms with Gasteiger partial charge in [-0.25, -0.2) is 0 Å². The summed E-state index contributed by atoms with van der Waals surface area (Å²) in [6.07, 6.45) is 3.58. The molecule has 1 heterocycles. The number of nitrogens with one attached hydrogen (secondary N) is 3. The number of hydrogen-bond donors (Lipinski definition) is 3. The topological polar surface area (TPSA) is 98.0 Å². The molecule has 0 aliphatic rings. The van der Waals surface area contributed by atoms with Gasteiger partial charge >= 0.3 is 0 Å². The Morgan fingerprint density at radius 3 is 2.95 bits per heavy atom. The second kappa shape index (κ2) is 8.00. The molecule has 0 bridgehead atoms. The zero-order valence-corrected chi connectivity index (χ0v) is 11.5. The molecule has 7 nitrogen and oxygen atoms in total. The molecule has 7 heteroatoms. The highest BCUT2D eigenvalue weighted by molar-refractivity contribution is 5.80. The molecular formula is C12H19N7. The van der Waals surface area contributed by atoms with Crippen LogP contribution in [0.25, 0.3) is 0 Å². The Bertz CT molecular complexity index is 475. The van der Waals surface area contributed by atoms with Crippen LogP contribution in [0, 0.1) is 25.3 Å². The SMILES string of the molecule is CN/C(=N/CCNCc1nc(C)cnc1C)NC#N. The van der Waals surface area contributed by atoms with Crippen LogP contribution in [0.2, 0.25) is 0 Å². The molecule has 0 aromatic carbocycles. The fourth-order valence-electron chi connectivity index (χ4n) is 1.44. The van der Waals surface area contributed by atoms with Crippen LogP contribution in [0.3, 0.4) is 0 Å². The van der Waals surface area contributed by atoms with Crippen LogP contribution in [0.1, 0.15) is 17.1 Å². The minimum absolute atomic E-state index is 0.468. The number of aromatic nitrogens is 2. The van der Waals surface area contributed by atoms with Gasteiger partial charge in [-0.1, -0.05) is 0 Å². The third kappa shape index (κ3) is 5.31. The number of nitriles is 1. The summed E-state index contributed by atoms with van der Waals surface area (Å²) in [6.45, 7) is 5.80. The van der Waals surface area contributed by atoms with E-state index < -0.39 is 0 Å². The van der Waals surface area contributed by atoms with Gasteiger partial charge in [0.25, 0.3) is 0 Å². The highest BCUT2D eigenvalue weighted by Gasteiger charge is 2.01. The summed E-state index contributed by atoms with van der Waals surface area (Å²) >= 11 is 0. The van der Waals surface area contributed by atoms with E-state index in [1.54, 1.807) is 13.2 Å². The fourth-order valence-corrected chi connectivity index (χ4v) is 1.44. The van der Waals surface area contributed by atoms with Crippen molar-refractivity contribution in [1.29, 1.82) is 5.26 Å². The Morgan fingerprint density at radius 1 is 1.47 bits per heavy atom. The standard InChI is InChI=1S/C12H19N7/c1-9-6-17-10(2)11(19-9)7-15-4-5-16-12(14-3)18-8-13/h6,15H,4-5,7H2,1-3H3,(H2,14,16,18). The van der Waals surface area contributed by atoms with Crippen molar-refractivity contribution in [3.63, 3.8) is 0 Å². The van der Waals surface area contributed by atoms with Crippen molar-refractivity contribution >= 4 is 5.96 Å². The van der Waals surface area contributed by atoms with Gasteiger partial charge in [0.15, 0.2) is 6.19 Å². The largest absolute Gasteiger partial charge is 0.359 e. The van der Waals surface area contributed by atoms with Gasteiger partial charge < -0.3 is 10.6 Å². The van der Waals surface area contributed by atoms with E-state index in [2.05, 4.69) is 30.9 Å². The Labute approximate surface area is 113 Å². The maximum absolute atomic E-state index is 8.46. The third-order valence-electron chi connectivity index (χ3n) is 2.44. The van der Waals surface area contributed by atoms with E-state index in [9.17, 15) is 0 Å². The lowest BCUT2D eigenvalue weighted by Crippen LogP contribution is -2.32. The molecule has 0 radical (unpaired) electrons. The molecule has 1 aromatic heterocycles. The summed E-state index contributed by atoms with van der Waals surface area (Å²) in [5, 5.41) is 17.0. The molecule has 1 rings (SSSR count). The van der Waals surface area contributed by atoms with Gasteiger partial charge in [-0.2, -0.15) is 5.26 Å². The molecule has 0 aliphatic heterocycles. The summed E-state index contributed by atoms with van der Waals surface area (Å²) < 4.78 is 0. The van der Waals surface area contributed by atoms with Crippen LogP contribution in [-0.4, -0.2) is 36.1 Å². The van der Waals surface area contributed by atoms with Crippen LogP contribution < -0.4 is 16.0 Å². The van der Waals surface area contributed by atoms with Gasteiger partial charge in [0.05, 0.1) is 23.6 Å². The van der Waals surface area contributed by atoms with Crippen molar-refractivity contribution in [1.82, 2.24) is 25.9 Å². The van der Waals surface area contributed by atoms with Gasteiger partial charge in [-0.05, 0) is 13.8 Å². The normalized spacial score (nSPS) is 10.9. The molecule has 0 spiro atoms. The monoisotopic (exact) mass is 261 g/mol. The smallest absolute Gasteiger partial charge is 0.204 e. The zero-order chi connectivity index (χ0) is 14.1. The Kier molecular flexibility index (Phi) is 6.26. The third-order valence-corrected chi connectivity index (χ3v) is 2.44. The second-order valence-electron chi connectivity index (χ2n) is 3.94. The maximum atomic E-state index is 8.46. The first-order valence-electron chi connectivity index (χ1n) is 6.04. The van der Waals surface area contributed by atoms with Crippen molar-refractivity contribution in [2.75, 3.05) is 20.1 Å². The molecular weight excluding hydrogens is 242 g/mol. The first-order chi connectivity index (χ1) is 9.17. The molecule has 0 amide bonds. The molecule has 0 fully saturated rings. The fraction of sp³-hybridized carbons (Fsp3) is 0.500. The molecule has 0 saturated carbocycles. The molecule has 1 aromatic rings. The molecule has 0 atom stereocenters. The van der Waals surface area contributed by atoms with E-state index in [1.165, 1.54) is 0 Å². The first kappa shape index (κ1) is 14.9. The second-order valence-corrected chi connectivity index (χ2v) is 3.94. The van der Waals surface area contributed by atoms with Crippen LogP contribution in [0.5, 0.6) is 0 Å². The minimum atomic E-state index is 0.468. The van der Waals surface area contributed by atoms with Gasteiger partial charge in [0, 0.05) is 26.3 Å². The summed E-state index contributed by atoms with van der Waals surface area (Å²) in [7, 11) is 1.71. The lowest BCUT2D eigenvalue weighted by molar-refractivity contribution is 0.671. The highest BCUT2D eigenvalue weighted by Crippen LogP contribution is 2.01. The van der Waals surface area contributed by atoms with E-state index in [0.29, 0.717) is 25.6 Å². The molecule has 102 valence electrons. The Balaban J connectivity index is 2.35. The van der Waals surface area contributed by atoms with E-state index in [0.717, 1.165) is 17.1 Å². The number of aryl methyl sites for hydroxylation is 2. The Hall–Kier alpha value is -2.20. The van der Waals surface area contributed by atoms with Crippen LogP contribution in [-0.2, 0) is 6.54 Å². The van der Waals surface area contributed by atoms with Crippen molar-refractivity contribution in [2.24, 2.45) is 4.99 Å². The van der Waals surface area contributed by atoms with Gasteiger partial charge in [-0.3, -0.25) is 20.3 Å². The lowest BCUT2D eigenvalue weighted by Gasteiger charge is -2.06. The predicted octanol–water partition coefficient (Wildman–Crippen LogP) is -0.171. The number of guanidine groups is 1. The predicted molar refractivity (Wildman–Crippen MR) is 73.3 cm³/mol. The molecule has 0 aliphatic carbocycles.